The molecule has 0 amide bonds. The highest BCUT2D eigenvalue weighted by atomic mass is 15.2. The summed E-state index contributed by atoms with van der Waals surface area (Å²) >= 11 is 0. The predicted molar refractivity (Wildman–Crippen MR) is 98.3 cm³/mol. The third-order valence-electron chi connectivity index (χ3n) is 5.13. The van der Waals surface area contributed by atoms with Gasteiger partial charge in [-0.3, -0.25) is 0 Å². The third-order valence-corrected chi connectivity index (χ3v) is 5.13. The fraction of sp³-hybridized carbons (Fsp3) is 0.600. The standard InChI is InChI=1S/C20H28N4/c21-15-16-11-13-19(14-12-16)24-20(22-17-7-3-1-4-8-17)23-18-9-5-2-6-10-18/h11-14,17-18H,1-10H2,(H2,22,23,24). The summed E-state index contributed by atoms with van der Waals surface area (Å²) in [5, 5.41) is 16.2. The summed E-state index contributed by atoms with van der Waals surface area (Å²) in [4.78, 5) is 4.81. The van der Waals surface area contributed by atoms with E-state index in [1.54, 1.807) is 0 Å². The summed E-state index contributed by atoms with van der Waals surface area (Å²) in [6.45, 7) is 0. The van der Waals surface area contributed by atoms with E-state index in [2.05, 4.69) is 16.7 Å². The second-order valence-electron chi connectivity index (χ2n) is 7.08. The normalized spacial score (nSPS) is 19.3. The lowest BCUT2D eigenvalue weighted by Crippen LogP contribution is -2.48. The second-order valence-corrected chi connectivity index (χ2v) is 7.08. The summed E-state index contributed by atoms with van der Waals surface area (Å²) in [7, 11) is 0. The SMILES string of the molecule is N#Cc1ccc(N=C(NC2CCCCC2)NC2CCCCC2)cc1. The Bertz CT molecular complexity index is 551. The van der Waals surface area contributed by atoms with E-state index >= 15 is 0 Å². The van der Waals surface area contributed by atoms with Gasteiger partial charge in [-0.1, -0.05) is 38.5 Å². The van der Waals surface area contributed by atoms with E-state index in [1.807, 2.05) is 24.3 Å². The van der Waals surface area contributed by atoms with E-state index in [1.165, 1.54) is 64.2 Å². The predicted octanol–water partition coefficient (Wildman–Crippen LogP) is 4.39. The third kappa shape index (κ3) is 4.99. The van der Waals surface area contributed by atoms with E-state index in [-0.39, 0.29) is 0 Å². The van der Waals surface area contributed by atoms with Crippen molar-refractivity contribution in [2.75, 3.05) is 0 Å². The van der Waals surface area contributed by atoms with Crippen LogP contribution in [0.3, 0.4) is 0 Å². The van der Waals surface area contributed by atoms with Crippen LogP contribution in [0.25, 0.3) is 0 Å². The van der Waals surface area contributed by atoms with Gasteiger partial charge in [-0.25, -0.2) is 4.99 Å². The van der Waals surface area contributed by atoms with Gasteiger partial charge in [0, 0.05) is 12.1 Å². The van der Waals surface area contributed by atoms with Gasteiger partial charge in [-0.15, -0.1) is 0 Å². The highest BCUT2D eigenvalue weighted by Crippen LogP contribution is 2.20. The lowest BCUT2D eigenvalue weighted by Gasteiger charge is -2.29. The summed E-state index contributed by atoms with van der Waals surface area (Å²) in [6, 6.07) is 10.7. The Morgan fingerprint density at radius 2 is 1.33 bits per heavy atom. The van der Waals surface area contributed by atoms with Gasteiger partial charge in [-0.05, 0) is 49.9 Å². The number of nitriles is 1. The molecule has 0 unspecified atom stereocenters. The van der Waals surface area contributed by atoms with Crippen molar-refractivity contribution < 1.29 is 0 Å². The van der Waals surface area contributed by atoms with Crippen LogP contribution in [-0.2, 0) is 0 Å². The Labute approximate surface area is 145 Å². The van der Waals surface area contributed by atoms with Crippen LogP contribution in [0.2, 0.25) is 0 Å². The fourth-order valence-corrected chi connectivity index (χ4v) is 3.73. The molecule has 1 aromatic carbocycles. The van der Waals surface area contributed by atoms with Crippen LogP contribution in [-0.4, -0.2) is 18.0 Å². The molecule has 2 fully saturated rings. The molecule has 4 heteroatoms. The lowest BCUT2D eigenvalue weighted by molar-refractivity contribution is 0.389. The maximum Gasteiger partial charge on any atom is 0.196 e. The Morgan fingerprint density at radius 3 is 1.79 bits per heavy atom. The molecule has 24 heavy (non-hydrogen) atoms. The highest BCUT2D eigenvalue weighted by Gasteiger charge is 2.18. The van der Waals surface area contributed by atoms with Crippen molar-refractivity contribution in [2.45, 2.75) is 76.3 Å². The Morgan fingerprint density at radius 1 is 0.833 bits per heavy atom. The Hall–Kier alpha value is -2.02. The monoisotopic (exact) mass is 324 g/mol. The molecule has 0 bridgehead atoms. The highest BCUT2D eigenvalue weighted by molar-refractivity contribution is 5.83. The van der Waals surface area contributed by atoms with Gasteiger partial charge in [0.1, 0.15) is 0 Å². The van der Waals surface area contributed by atoms with Crippen LogP contribution >= 0.6 is 0 Å². The summed E-state index contributed by atoms with van der Waals surface area (Å²) < 4.78 is 0. The van der Waals surface area contributed by atoms with Crippen molar-refractivity contribution in [3.05, 3.63) is 29.8 Å². The molecule has 2 aliphatic rings. The van der Waals surface area contributed by atoms with Gasteiger partial charge >= 0.3 is 0 Å². The minimum absolute atomic E-state index is 0.534. The number of hydrogen-bond acceptors (Lipinski definition) is 2. The molecule has 1 aromatic rings. The molecule has 2 aliphatic carbocycles. The van der Waals surface area contributed by atoms with Crippen molar-refractivity contribution in [1.82, 2.24) is 10.6 Å². The largest absolute Gasteiger partial charge is 0.353 e. The number of rotatable bonds is 3. The lowest BCUT2D eigenvalue weighted by atomic mass is 9.95. The van der Waals surface area contributed by atoms with E-state index in [9.17, 15) is 0 Å². The number of aliphatic imine (C=N–C) groups is 1. The number of benzene rings is 1. The van der Waals surface area contributed by atoms with Crippen LogP contribution in [0.15, 0.2) is 29.3 Å². The zero-order chi connectivity index (χ0) is 16.6. The summed E-state index contributed by atoms with van der Waals surface area (Å²) in [5.41, 5.74) is 1.58. The van der Waals surface area contributed by atoms with Gasteiger partial charge < -0.3 is 10.6 Å². The van der Waals surface area contributed by atoms with E-state index in [4.69, 9.17) is 10.3 Å². The van der Waals surface area contributed by atoms with E-state index < -0.39 is 0 Å². The van der Waals surface area contributed by atoms with Crippen LogP contribution in [0.4, 0.5) is 5.69 Å². The zero-order valence-electron chi connectivity index (χ0n) is 14.4. The average Bonchev–Trinajstić information content (AvgIpc) is 2.64. The van der Waals surface area contributed by atoms with Crippen molar-refractivity contribution in [2.24, 2.45) is 4.99 Å². The summed E-state index contributed by atoms with van der Waals surface area (Å²) in [5.74, 6) is 0.915. The van der Waals surface area contributed by atoms with Crippen molar-refractivity contribution >= 4 is 11.6 Å². The Balaban J connectivity index is 1.71. The summed E-state index contributed by atoms with van der Waals surface area (Å²) in [6.07, 6.45) is 12.9. The smallest absolute Gasteiger partial charge is 0.196 e. The van der Waals surface area contributed by atoms with E-state index in [0.717, 1.165) is 11.6 Å². The molecule has 0 radical (unpaired) electrons. The van der Waals surface area contributed by atoms with Crippen molar-refractivity contribution in [3.8, 4) is 6.07 Å². The molecule has 2 N–H and O–H groups in total. The molecule has 128 valence electrons. The first kappa shape index (κ1) is 16.8. The quantitative estimate of drug-likeness (QED) is 0.640. The first-order valence-electron chi connectivity index (χ1n) is 9.45. The van der Waals surface area contributed by atoms with Crippen molar-refractivity contribution in [1.29, 1.82) is 5.26 Å². The maximum atomic E-state index is 8.93. The van der Waals surface area contributed by atoms with Gasteiger partial charge in [-0.2, -0.15) is 5.26 Å². The molecule has 0 saturated heterocycles. The maximum absolute atomic E-state index is 8.93. The molecule has 0 atom stereocenters. The average molecular weight is 324 g/mol. The molecule has 0 aliphatic heterocycles. The van der Waals surface area contributed by atoms with Gasteiger partial charge in [0.15, 0.2) is 5.96 Å². The van der Waals surface area contributed by atoms with Gasteiger partial charge in [0.2, 0.25) is 0 Å². The fourth-order valence-electron chi connectivity index (χ4n) is 3.73. The number of nitrogens with one attached hydrogen (secondary N) is 2. The molecular weight excluding hydrogens is 296 g/mol. The van der Waals surface area contributed by atoms with Crippen LogP contribution in [0.1, 0.15) is 69.8 Å². The van der Waals surface area contributed by atoms with Gasteiger partial charge in [0.25, 0.3) is 0 Å². The van der Waals surface area contributed by atoms with Crippen LogP contribution in [0.5, 0.6) is 0 Å². The molecule has 4 nitrogen and oxygen atoms in total. The minimum Gasteiger partial charge on any atom is -0.353 e. The second kappa shape index (κ2) is 8.73. The molecule has 0 spiro atoms. The van der Waals surface area contributed by atoms with Crippen LogP contribution < -0.4 is 10.6 Å². The van der Waals surface area contributed by atoms with Gasteiger partial charge in [0.05, 0.1) is 17.3 Å². The van der Waals surface area contributed by atoms with Crippen molar-refractivity contribution in [3.63, 3.8) is 0 Å². The van der Waals surface area contributed by atoms with E-state index in [0.29, 0.717) is 17.6 Å². The van der Waals surface area contributed by atoms with Crippen LogP contribution in [0, 0.1) is 11.3 Å². The number of nitrogens with zero attached hydrogens (tertiary/aromatic N) is 2. The topological polar surface area (TPSA) is 60.2 Å². The Kier molecular flexibility index (Phi) is 6.12. The zero-order valence-corrected chi connectivity index (χ0v) is 14.4. The minimum atomic E-state index is 0.534. The number of guanidine groups is 1. The molecule has 0 heterocycles. The molecule has 2 saturated carbocycles. The molecule has 3 rings (SSSR count). The first-order valence-corrected chi connectivity index (χ1v) is 9.45. The first-order chi connectivity index (χ1) is 11.8. The molecule has 0 aromatic heterocycles. The molecular formula is C20H28N4. The number of hydrogen-bond donors (Lipinski definition) is 2.